The molecule has 0 atom stereocenters. The van der Waals surface area contributed by atoms with Gasteiger partial charge in [-0.05, 0) is 58.4 Å². The molecule has 20 heavy (non-hydrogen) atoms. The Morgan fingerprint density at radius 2 is 1.95 bits per heavy atom. The van der Waals surface area contributed by atoms with E-state index in [0.29, 0.717) is 19.0 Å². The molecule has 1 heterocycles. The summed E-state index contributed by atoms with van der Waals surface area (Å²) >= 11 is 0. The topological polar surface area (TPSA) is 64.7 Å². The van der Waals surface area contributed by atoms with Crippen molar-refractivity contribution in [2.45, 2.75) is 26.2 Å². The van der Waals surface area contributed by atoms with Crippen molar-refractivity contribution < 1.29 is 8.42 Å². The monoisotopic (exact) mass is 306 g/mol. The Kier molecular flexibility index (Phi) is 7.98. The van der Waals surface area contributed by atoms with Crippen molar-refractivity contribution in [1.82, 2.24) is 19.2 Å². The first-order valence-corrected chi connectivity index (χ1v) is 9.00. The van der Waals surface area contributed by atoms with E-state index in [1.807, 2.05) is 6.92 Å². The highest BCUT2D eigenvalue weighted by Crippen LogP contribution is 2.15. The number of hydrogen-bond acceptors (Lipinski definition) is 4. The van der Waals surface area contributed by atoms with E-state index >= 15 is 0 Å². The van der Waals surface area contributed by atoms with Crippen molar-refractivity contribution in [3.8, 4) is 0 Å². The third kappa shape index (κ3) is 6.49. The van der Waals surface area contributed by atoms with Crippen molar-refractivity contribution >= 4 is 10.2 Å². The third-order valence-corrected chi connectivity index (χ3v) is 5.41. The van der Waals surface area contributed by atoms with Gasteiger partial charge in [0.15, 0.2) is 0 Å². The summed E-state index contributed by atoms with van der Waals surface area (Å²) in [5, 5.41) is 3.20. The van der Waals surface area contributed by atoms with Crippen LogP contribution in [-0.2, 0) is 10.2 Å². The number of piperidine rings is 1. The first kappa shape index (κ1) is 17.8. The minimum Gasteiger partial charge on any atom is -0.317 e. The van der Waals surface area contributed by atoms with Gasteiger partial charge in [0.05, 0.1) is 0 Å². The minimum atomic E-state index is -3.32. The smallest absolute Gasteiger partial charge is 0.279 e. The van der Waals surface area contributed by atoms with E-state index in [9.17, 15) is 8.42 Å². The Labute approximate surface area is 124 Å². The van der Waals surface area contributed by atoms with E-state index < -0.39 is 10.2 Å². The predicted molar refractivity (Wildman–Crippen MR) is 82.9 cm³/mol. The second-order valence-corrected chi connectivity index (χ2v) is 7.49. The van der Waals surface area contributed by atoms with E-state index in [4.69, 9.17) is 0 Å². The first-order chi connectivity index (χ1) is 9.45. The molecule has 120 valence electrons. The Balaban J connectivity index is 2.26. The molecule has 7 heteroatoms. The van der Waals surface area contributed by atoms with Crippen LogP contribution in [0.5, 0.6) is 0 Å². The lowest BCUT2D eigenvalue weighted by atomic mass is 9.98. The molecule has 0 spiro atoms. The van der Waals surface area contributed by atoms with E-state index in [1.54, 1.807) is 7.05 Å². The highest BCUT2D eigenvalue weighted by molar-refractivity contribution is 7.87. The maximum atomic E-state index is 12.1. The molecule has 0 unspecified atom stereocenters. The van der Waals surface area contributed by atoms with Gasteiger partial charge in [0.1, 0.15) is 0 Å². The van der Waals surface area contributed by atoms with Crippen molar-refractivity contribution in [3.05, 3.63) is 0 Å². The third-order valence-electron chi connectivity index (χ3n) is 3.88. The van der Waals surface area contributed by atoms with Crippen LogP contribution in [0.2, 0.25) is 0 Å². The molecule has 0 radical (unpaired) electrons. The average molecular weight is 306 g/mol. The summed E-state index contributed by atoms with van der Waals surface area (Å²) in [6.45, 7) is 7.05. The summed E-state index contributed by atoms with van der Waals surface area (Å²) in [6, 6.07) is 0. The molecule has 1 aliphatic heterocycles. The maximum absolute atomic E-state index is 12.1. The quantitative estimate of drug-likeness (QED) is 0.593. The fourth-order valence-electron chi connectivity index (χ4n) is 2.32. The molecular formula is C13H30N4O2S. The molecule has 0 amide bonds. The number of nitrogens with zero attached hydrogens (tertiary/aromatic N) is 2. The van der Waals surface area contributed by atoms with Gasteiger partial charge in [0.2, 0.25) is 0 Å². The second kappa shape index (κ2) is 8.94. The Morgan fingerprint density at radius 1 is 1.30 bits per heavy atom. The van der Waals surface area contributed by atoms with Gasteiger partial charge in [0.25, 0.3) is 10.2 Å². The molecule has 1 aliphatic rings. The Morgan fingerprint density at radius 3 is 2.55 bits per heavy atom. The Hall–Kier alpha value is -0.210. The van der Waals surface area contributed by atoms with Gasteiger partial charge < -0.3 is 10.2 Å². The summed E-state index contributed by atoms with van der Waals surface area (Å²) in [6.07, 6.45) is 2.98. The first-order valence-electron chi connectivity index (χ1n) is 7.56. The van der Waals surface area contributed by atoms with Crippen molar-refractivity contribution in [2.24, 2.45) is 5.92 Å². The summed E-state index contributed by atoms with van der Waals surface area (Å²) in [7, 11) is 0.433. The summed E-state index contributed by atoms with van der Waals surface area (Å²) in [5.74, 6) is 0.469. The molecule has 1 saturated heterocycles. The fourth-order valence-corrected chi connectivity index (χ4v) is 3.36. The summed E-state index contributed by atoms with van der Waals surface area (Å²) < 4.78 is 28.3. The van der Waals surface area contributed by atoms with Gasteiger partial charge >= 0.3 is 0 Å². The molecule has 0 aliphatic carbocycles. The van der Waals surface area contributed by atoms with Gasteiger partial charge in [-0.2, -0.15) is 12.7 Å². The molecular weight excluding hydrogens is 276 g/mol. The lowest BCUT2D eigenvalue weighted by Gasteiger charge is -2.29. The number of rotatable bonds is 9. The standard InChI is InChI=1S/C13H30N4O2S/c1-4-14-8-5-9-17(3)20(18,19)15-12-13-6-10-16(2)11-7-13/h13-15H,4-12H2,1-3H3. The summed E-state index contributed by atoms with van der Waals surface area (Å²) in [5.41, 5.74) is 0. The van der Waals surface area contributed by atoms with Crippen LogP contribution < -0.4 is 10.0 Å². The SMILES string of the molecule is CCNCCCN(C)S(=O)(=O)NCC1CCN(C)CC1. The van der Waals surface area contributed by atoms with Crippen LogP contribution in [-0.4, -0.2) is 71.0 Å². The molecule has 2 N–H and O–H groups in total. The number of nitrogens with one attached hydrogen (secondary N) is 2. The fraction of sp³-hybridized carbons (Fsp3) is 1.00. The van der Waals surface area contributed by atoms with Gasteiger partial charge in [-0.1, -0.05) is 6.92 Å². The molecule has 0 bridgehead atoms. The second-order valence-electron chi connectivity index (χ2n) is 5.63. The van der Waals surface area contributed by atoms with E-state index in [1.165, 1.54) is 4.31 Å². The van der Waals surface area contributed by atoms with Crippen LogP contribution in [0.3, 0.4) is 0 Å². The van der Waals surface area contributed by atoms with E-state index in [-0.39, 0.29) is 0 Å². The largest absolute Gasteiger partial charge is 0.317 e. The number of hydrogen-bond donors (Lipinski definition) is 2. The zero-order valence-corrected chi connectivity index (χ0v) is 13.9. The van der Waals surface area contributed by atoms with Crippen LogP contribution in [0, 0.1) is 5.92 Å². The normalized spacial score (nSPS) is 18.8. The summed E-state index contributed by atoms with van der Waals surface area (Å²) in [4.78, 5) is 2.29. The van der Waals surface area contributed by atoms with Gasteiger partial charge in [0, 0.05) is 20.1 Å². The van der Waals surface area contributed by atoms with Crippen molar-refractivity contribution in [2.75, 3.05) is 53.4 Å². The van der Waals surface area contributed by atoms with Gasteiger partial charge in [-0.3, -0.25) is 0 Å². The molecule has 0 aromatic rings. The molecule has 0 aromatic heterocycles. The highest BCUT2D eigenvalue weighted by atomic mass is 32.2. The zero-order valence-electron chi connectivity index (χ0n) is 13.1. The molecule has 6 nitrogen and oxygen atoms in total. The Bertz CT molecular complexity index is 353. The number of likely N-dealkylation sites (tertiary alicyclic amines) is 1. The van der Waals surface area contributed by atoms with Crippen molar-refractivity contribution in [3.63, 3.8) is 0 Å². The van der Waals surface area contributed by atoms with Crippen LogP contribution in [0.4, 0.5) is 0 Å². The molecule has 0 saturated carbocycles. The van der Waals surface area contributed by atoms with Crippen LogP contribution >= 0.6 is 0 Å². The van der Waals surface area contributed by atoms with Crippen LogP contribution in [0.1, 0.15) is 26.2 Å². The van der Waals surface area contributed by atoms with E-state index in [2.05, 4.69) is 22.0 Å². The van der Waals surface area contributed by atoms with Crippen molar-refractivity contribution in [1.29, 1.82) is 0 Å². The molecule has 1 fully saturated rings. The average Bonchev–Trinajstić information content (AvgIpc) is 2.43. The minimum absolute atomic E-state index is 0.469. The highest BCUT2D eigenvalue weighted by Gasteiger charge is 2.21. The lowest BCUT2D eigenvalue weighted by Crippen LogP contribution is -2.43. The lowest BCUT2D eigenvalue weighted by molar-refractivity contribution is 0.220. The van der Waals surface area contributed by atoms with Gasteiger partial charge in [-0.15, -0.1) is 0 Å². The molecule has 1 rings (SSSR count). The zero-order chi connectivity index (χ0) is 15.0. The molecule has 0 aromatic carbocycles. The predicted octanol–water partition coefficient (Wildman–Crippen LogP) is 0.0940. The van der Waals surface area contributed by atoms with Crippen LogP contribution in [0.15, 0.2) is 0 Å². The van der Waals surface area contributed by atoms with Gasteiger partial charge in [-0.25, -0.2) is 4.72 Å². The van der Waals surface area contributed by atoms with E-state index in [0.717, 1.165) is 45.4 Å². The maximum Gasteiger partial charge on any atom is 0.279 e. The van der Waals surface area contributed by atoms with Crippen LogP contribution in [0.25, 0.3) is 0 Å².